The van der Waals surface area contributed by atoms with Crippen molar-refractivity contribution in [3.63, 3.8) is 0 Å². The molecule has 5 heteroatoms. The van der Waals surface area contributed by atoms with Crippen LogP contribution in [0.2, 0.25) is 0 Å². The average Bonchev–Trinajstić information content (AvgIpc) is 2.63. The molecule has 0 spiro atoms. The van der Waals surface area contributed by atoms with Crippen LogP contribution in [0, 0.1) is 11.3 Å². The van der Waals surface area contributed by atoms with Gasteiger partial charge in [-0.2, -0.15) is 5.26 Å². The molecule has 0 amide bonds. The monoisotopic (exact) mass is 207 g/mol. The summed E-state index contributed by atoms with van der Waals surface area (Å²) in [7, 11) is 1.92. The summed E-state index contributed by atoms with van der Waals surface area (Å²) in [6.45, 7) is 4.10. The first-order valence-corrected chi connectivity index (χ1v) is 5.15. The summed E-state index contributed by atoms with van der Waals surface area (Å²) >= 11 is 0. The van der Waals surface area contributed by atoms with E-state index in [1.165, 1.54) is 0 Å². The first-order chi connectivity index (χ1) is 7.19. The highest BCUT2D eigenvalue weighted by molar-refractivity contribution is 4.94. The Morgan fingerprint density at radius 3 is 2.87 bits per heavy atom. The number of nitriles is 1. The molecule has 2 atom stereocenters. The van der Waals surface area contributed by atoms with Crippen molar-refractivity contribution in [1.29, 1.82) is 5.26 Å². The molecule has 15 heavy (non-hydrogen) atoms. The zero-order chi connectivity index (χ0) is 11.3. The first kappa shape index (κ1) is 11.7. The average molecular weight is 207 g/mol. The van der Waals surface area contributed by atoms with Gasteiger partial charge >= 0.3 is 0 Å². The molecule has 0 aliphatic carbocycles. The summed E-state index contributed by atoms with van der Waals surface area (Å²) < 4.78 is 1.89. The summed E-state index contributed by atoms with van der Waals surface area (Å²) in [4.78, 5) is 0. The van der Waals surface area contributed by atoms with Gasteiger partial charge in [-0.3, -0.25) is 0 Å². The lowest BCUT2D eigenvalue weighted by Crippen LogP contribution is -2.32. The van der Waals surface area contributed by atoms with Gasteiger partial charge in [-0.15, -0.1) is 10.2 Å². The molecule has 5 nitrogen and oxygen atoms in total. The van der Waals surface area contributed by atoms with E-state index in [0.717, 1.165) is 12.2 Å². The number of rotatable bonds is 5. The van der Waals surface area contributed by atoms with E-state index in [-0.39, 0.29) is 12.1 Å². The number of nitrogens with one attached hydrogen (secondary N) is 1. The number of hydrogen-bond acceptors (Lipinski definition) is 4. The minimum Gasteiger partial charge on any atom is -0.319 e. The molecule has 0 aliphatic heterocycles. The Kier molecular flexibility index (Phi) is 4.25. The van der Waals surface area contributed by atoms with Crippen LogP contribution in [0.1, 0.15) is 38.6 Å². The molecule has 1 aromatic heterocycles. The summed E-state index contributed by atoms with van der Waals surface area (Å²) in [5.74, 6) is 0.895. The van der Waals surface area contributed by atoms with E-state index >= 15 is 0 Å². The van der Waals surface area contributed by atoms with Crippen LogP contribution in [-0.2, 0) is 7.05 Å². The minimum absolute atomic E-state index is 0.121. The fourth-order valence-corrected chi connectivity index (χ4v) is 1.54. The number of aryl methyl sites for hydroxylation is 1. The van der Waals surface area contributed by atoms with E-state index in [1.807, 2.05) is 18.5 Å². The maximum Gasteiger partial charge on any atom is 0.149 e. The third kappa shape index (κ3) is 3.03. The van der Waals surface area contributed by atoms with Crippen LogP contribution >= 0.6 is 0 Å². The zero-order valence-corrected chi connectivity index (χ0v) is 9.44. The number of hydrogen-bond donors (Lipinski definition) is 1. The summed E-state index contributed by atoms with van der Waals surface area (Å²) in [5.41, 5.74) is 0. The Labute approximate surface area is 90.1 Å². The smallest absolute Gasteiger partial charge is 0.149 e. The van der Waals surface area contributed by atoms with E-state index in [9.17, 15) is 0 Å². The van der Waals surface area contributed by atoms with Gasteiger partial charge in [-0.25, -0.2) is 0 Å². The number of nitrogens with zero attached hydrogens (tertiary/aromatic N) is 4. The van der Waals surface area contributed by atoms with Crippen LogP contribution in [0.25, 0.3) is 0 Å². The second kappa shape index (κ2) is 5.47. The molecular formula is C10H17N5. The Bertz CT molecular complexity index is 338. The minimum atomic E-state index is 0.121. The second-order valence-corrected chi connectivity index (χ2v) is 3.66. The van der Waals surface area contributed by atoms with E-state index < -0.39 is 0 Å². The topological polar surface area (TPSA) is 66.5 Å². The standard InChI is InChI=1S/C10H17N5/c1-4-9(5-6-11)13-8(2)10-14-12-7-15(10)3/h7-9,13H,4-5H2,1-3H3. The lowest BCUT2D eigenvalue weighted by atomic mass is 10.1. The van der Waals surface area contributed by atoms with Gasteiger partial charge in [-0.05, 0) is 13.3 Å². The molecule has 1 rings (SSSR count). The quantitative estimate of drug-likeness (QED) is 0.786. The molecule has 0 aliphatic rings. The highest BCUT2D eigenvalue weighted by atomic mass is 15.3. The normalized spacial score (nSPS) is 14.5. The third-order valence-electron chi connectivity index (χ3n) is 2.45. The van der Waals surface area contributed by atoms with Crippen molar-refractivity contribution in [2.75, 3.05) is 0 Å². The van der Waals surface area contributed by atoms with Crippen LogP contribution in [0.5, 0.6) is 0 Å². The van der Waals surface area contributed by atoms with E-state index in [2.05, 4.69) is 28.5 Å². The van der Waals surface area contributed by atoms with E-state index in [4.69, 9.17) is 5.26 Å². The van der Waals surface area contributed by atoms with Gasteiger partial charge in [-0.1, -0.05) is 6.92 Å². The van der Waals surface area contributed by atoms with Crippen molar-refractivity contribution < 1.29 is 0 Å². The van der Waals surface area contributed by atoms with Gasteiger partial charge in [0, 0.05) is 13.1 Å². The van der Waals surface area contributed by atoms with Crippen molar-refractivity contribution >= 4 is 0 Å². The maximum atomic E-state index is 8.64. The van der Waals surface area contributed by atoms with Crippen molar-refractivity contribution in [3.05, 3.63) is 12.2 Å². The fraction of sp³-hybridized carbons (Fsp3) is 0.700. The Hall–Kier alpha value is -1.41. The van der Waals surface area contributed by atoms with Gasteiger partial charge in [0.15, 0.2) is 0 Å². The van der Waals surface area contributed by atoms with Gasteiger partial charge in [0.25, 0.3) is 0 Å². The molecule has 1 heterocycles. The van der Waals surface area contributed by atoms with Crippen molar-refractivity contribution in [2.45, 2.75) is 38.8 Å². The Morgan fingerprint density at radius 1 is 1.67 bits per heavy atom. The maximum absolute atomic E-state index is 8.64. The van der Waals surface area contributed by atoms with Crippen LogP contribution in [0.3, 0.4) is 0 Å². The van der Waals surface area contributed by atoms with E-state index in [0.29, 0.717) is 6.42 Å². The lowest BCUT2D eigenvalue weighted by Gasteiger charge is -2.19. The summed E-state index contributed by atoms with van der Waals surface area (Å²) in [6, 6.07) is 2.52. The van der Waals surface area contributed by atoms with Gasteiger partial charge < -0.3 is 9.88 Å². The molecule has 0 saturated carbocycles. The van der Waals surface area contributed by atoms with Gasteiger partial charge in [0.1, 0.15) is 12.2 Å². The van der Waals surface area contributed by atoms with Crippen LogP contribution < -0.4 is 5.32 Å². The summed E-state index contributed by atoms with van der Waals surface area (Å²) in [6.07, 6.45) is 3.15. The second-order valence-electron chi connectivity index (χ2n) is 3.66. The molecule has 1 aromatic rings. The fourth-order valence-electron chi connectivity index (χ4n) is 1.54. The zero-order valence-electron chi connectivity index (χ0n) is 9.44. The molecule has 1 N–H and O–H groups in total. The molecule has 0 aromatic carbocycles. The molecular weight excluding hydrogens is 190 g/mol. The predicted octanol–water partition coefficient (Wildman–Crippen LogP) is 1.16. The number of aromatic nitrogens is 3. The van der Waals surface area contributed by atoms with Gasteiger partial charge in [0.05, 0.1) is 18.5 Å². The predicted molar refractivity (Wildman–Crippen MR) is 56.9 cm³/mol. The summed E-state index contributed by atoms with van der Waals surface area (Å²) in [5, 5.41) is 19.9. The molecule has 2 unspecified atom stereocenters. The van der Waals surface area contributed by atoms with Gasteiger partial charge in [0.2, 0.25) is 0 Å². The lowest BCUT2D eigenvalue weighted by molar-refractivity contribution is 0.428. The van der Waals surface area contributed by atoms with Crippen molar-refractivity contribution in [1.82, 2.24) is 20.1 Å². The Morgan fingerprint density at radius 2 is 2.40 bits per heavy atom. The molecule has 0 bridgehead atoms. The highest BCUT2D eigenvalue weighted by Crippen LogP contribution is 2.10. The Balaban J connectivity index is 2.59. The van der Waals surface area contributed by atoms with Crippen molar-refractivity contribution in [2.24, 2.45) is 7.05 Å². The van der Waals surface area contributed by atoms with Crippen LogP contribution in [0.4, 0.5) is 0 Å². The molecule has 0 fully saturated rings. The van der Waals surface area contributed by atoms with Crippen LogP contribution in [0.15, 0.2) is 6.33 Å². The SMILES string of the molecule is CCC(CC#N)NC(C)c1nncn1C. The third-order valence-corrected chi connectivity index (χ3v) is 2.45. The first-order valence-electron chi connectivity index (χ1n) is 5.15. The van der Waals surface area contributed by atoms with Crippen LogP contribution in [-0.4, -0.2) is 20.8 Å². The van der Waals surface area contributed by atoms with E-state index in [1.54, 1.807) is 6.33 Å². The molecule has 0 saturated heterocycles. The van der Waals surface area contributed by atoms with Crippen molar-refractivity contribution in [3.8, 4) is 6.07 Å². The molecule has 0 radical (unpaired) electrons. The largest absolute Gasteiger partial charge is 0.319 e. The molecule has 82 valence electrons. The highest BCUT2D eigenvalue weighted by Gasteiger charge is 2.15.